The molecular weight excluding hydrogens is 306 g/mol. The highest BCUT2D eigenvalue weighted by molar-refractivity contribution is 8.00. The zero-order valence-electron chi connectivity index (χ0n) is 13.2. The molecule has 0 radical (unpaired) electrons. The Labute approximate surface area is 140 Å². The molecule has 4 heteroatoms. The number of benzene rings is 2. The number of carbonyl (C=O) groups excluding carboxylic acids is 1. The SMILES string of the molecule is Cc1ccc(SCC(=O)NC(C)c2cc3ccccc3o2)cc1. The van der Waals surface area contributed by atoms with Crippen LogP contribution in [0.5, 0.6) is 0 Å². The van der Waals surface area contributed by atoms with Gasteiger partial charge in [-0.05, 0) is 38.1 Å². The van der Waals surface area contributed by atoms with Gasteiger partial charge >= 0.3 is 0 Å². The van der Waals surface area contributed by atoms with Gasteiger partial charge in [0.2, 0.25) is 5.91 Å². The molecule has 1 aromatic heterocycles. The van der Waals surface area contributed by atoms with Crippen molar-refractivity contribution in [2.24, 2.45) is 0 Å². The van der Waals surface area contributed by atoms with Crippen LogP contribution in [0.4, 0.5) is 0 Å². The lowest BCUT2D eigenvalue weighted by Gasteiger charge is -2.11. The van der Waals surface area contributed by atoms with Crippen molar-refractivity contribution in [1.29, 1.82) is 0 Å². The Morgan fingerprint density at radius 3 is 2.65 bits per heavy atom. The summed E-state index contributed by atoms with van der Waals surface area (Å²) in [4.78, 5) is 13.2. The minimum absolute atomic E-state index is 0.00327. The average Bonchev–Trinajstić information content (AvgIpc) is 2.98. The lowest BCUT2D eigenvalue weighted by atomic mass is 10.2. The fraction of sp³-hybridized carbons (Fsp3) is 0.211. The molecule has 2 aromatic carbocycles. The number of aryl methyl sites for hydroxylation is 1. The molecule has 0 aliphatic heterocycles. The van der Waals surface area contributed by atoms with Gasteiger partial charge in [0, 0.05) is 10.3 Å². The molecule has 0 spiro atoms. The van der Waals surface area contributed by atoms with Crippen LogP contribution in [0.25, 0.3) is 11.0 Å². The van der Waals surface area contributed by atoms with Gasteiger partial charge in [-0.3, -0.25) is 4.79 Å². The fourth-order valence-corrected chi connectivity index (χ4v) is 3.06. The van der Waals surface area contributed by atoms with E-state index in [1.54, 1.807) is 0 Å². The van der Waals surface area contributed by atoms with E-state index < -0.39 is 0 Å². The molecule has 0 fully saturated rings. The Hall–Kier alpha value is -2.20. The molecule has 1 atom stereocenters. The van der Waals surface area contributed by atoms with E-state index in [4.69, 9.17) is 4.42 Å². The highest BCUT2D eigenvalue weighted by atomic mass is 32.2. The maximum absolute atomic E-state index is 12.1. The molecular formula is C19H19NO2S. The minimum atomic E-state index is -0.145. The molecule has 118 valence electrons. The average molecular weight is 325 g/mol. The molecule has 1 amide bonds. The third-order valence-electron chi connectivity index (χ3n) is 3.64. The summed E-state index contributed by atoms with van der Waals surface area (Å²) in [6.45, 7) is 3.99. The Balaban J connectivity index is 1.57. The molecule has 1 heterocycles. The first-order valence-electron chi connectivity index (χ1n) is 7.59. The Bertz CT molecular complexity index is 775. The van der Waals surface area contributed by atoms with Gasteiger partial charge in [0.1, 0.15) is 11.3 Å². The zero-order valence-corrected chi connectivity index (χ0v) is 14.0. The van der Waals surface area contributed by atoms with Crippen molar-refractivity contribution in [3.8, 4) is 0 Å². The van der Waals surface area contributed by atoms with Crippen LogP contribution in [0.3, 0.4) is 0 Å². The van der Waals surface area contributed by atoms with Crippen LogP contribution in [0.1, 0.15) is 24.3 Å². The quantitative estimate of drug-likeness (QED) is 0.691. The number of hydrogen-bond acceptors (Lipinski definition) is 3. The summed E-state index contributed by atoms with van der Waals surface area (Å²) in [7, 11) is 0. The summed E-state index contributed by atoms with van der Waals surface area (Å²) in [5, 5.41) is 4.04. The molecule has 0 saturated heterocycles. The first-order valence-corrected chi connectivity index (χ1v) is 8.58. The van der Waals surface area contributed by atoms with E-state index in [2.05, 4.69) is 24.4 Å². The van der Waals surface area contributed by atoms with Gasteiger partial charge in [0.25, 0.3) is 0 Å². The van der Waals surface area contributed by atoms with Gasteiger partial charge in [-0.25, -0.2) is 0 Å². The van der Waals surface area contributed by atoms with Gasteiger partial charge in [-0.1, -0.05) is 35.9 Å². The number of fused-ring (bicyclic) bond motifs is 1. The lowest BCUT2D eigenvalue weighted by molar-refractivity contribution is -0.119. The highest BCUT2D eigenvalue weighted by Gasteiger charge is 2.14. The normalized spacial score (nSPS) is 12.3. The number of nitrogens with one attached hydrogen (secondary N) is 1. The molecule has 0 bridgehead atoms. The smallest absolute Gasteiger partial charge is 0.230 e. The minimum Gasteiger partial charge on any atom is -0.459 e. The Morgan fingerprint density at radius 2 is 1.91 bits per heavy atom. The van der Waals surface area contributed by atoms with E-state index in [9.17, 15) is 4.79 Å². The van der Waals surface area contributed by atoms with Crippen LogP contribution in [0.15, 0.2) is 63.9 Å². The summed E-state index contributed by atoms with van der Waals surface area (Å²) < 4.78 is 5.79. The maximum atomic E-state index is 12.1. The van der Waals surface area contributed by atoms with Gasteiger partial charge in [-0.2, -0.15) is 0 Å². The first-order chi connectivity index (χ1) is 11.1. The van der Waals surface area contributed by atoms with Gasteiger partial charge in [0.05, 0.1) is 11.8 Å². The molecule has 0 aliphatic rings. The lowest BCUT2D eigenvalue weighted by Crippen LogP contribution is -2.27. The number of thioether (sulfide) groups is 1. The number of rotatable bonds is 5. The van der Waals surface area contributed by atoms with Gasteiger partial charge in [-0.15, -0.1) is 11.8 Å². The molecule has 0 saturated carbocycles. The molecule has 3 nitrogen and oxygen atoms in total. The van der Waals surface area contributed by atoms with Gasteiger partial charge < -0.3 is 9.73 Å². The number of para-hydroxylation sites is 1. The second-order valence-electron chi connectivity index (χ2n) is 5.58. The van der Waals surface area contributed by atoms with E-state index in [-0.39, 0.29) is 11.9 Å². The largest absolute Gasteiger partial charge is 0.459 e. The Morgan fingerprint density at radius 1 is 1.17 bits per heavy atom. The van der Waals surface area contributed by atoms with Crippen molar-refractivity contribution in [1.82, 2.24) is 5.32 Å². The van der Waals surface area contributed by atoms with E-state index in [1.165, 1.54) is 17.3 Å². The third-order valence-corrected chi connectivity index (χ3v) is 4.65. The summed E-state index contributed by atoms with van der Waals surface area (Å²) in [5.74, 6) is 1.18. The van der Waals surface area contributed by atoms with Crippen molar-refractivity contribution >= 4 is 28.6 Å². The Kier molecular flexibility index (Phi) is 4.72. The molecule has 3 rings (SSSR count). The number of carbonyl (C=O) groups is 1. The van der Waals surface area contributed by atoms with Crippen molar-refractivity contribution in [3.63, 3.8) is 0 Å². The van der Waals surface area contributed by atoms with Crippen molar-refractivity contribution < 1.29 is 9.21 Å². The highest BCUT2D eigenvalue weighted by Crippen LogP contribution is 2.24. The topological polar surface area (TPSA) is 42.2 Å². The molecule has 23 heavy (non-hydrogen) atoms. The van der Waals surface area contributed by atoms with E-state index in [0.29, 0.717) is 5.75 Å². The van der Waals surface area contributed by atoms with Crippen LogP contribution in [0.2, 0.25) is 0 Å². The van der Waals surface area contributed by atoms with Crippen LogP contribution in [-0.2, 0) is 4.79 Å². The summed E-state index contributed by atoms with van der Waals surface area (Å²) in [6, 6.07) is 17.9. The van der Waals surface area contributed by atoms with Gasteiger partial charge in [0.15, 0.2) is 0 Å². The first kappa shape index (κ1) is 15.7. The second kappa shape index (κ2) is 6.92. The summed E-state index contributed by atoms with van der Waals surface area (Å²) in [6.07, 6.45) is 0. The monoisotopic (exact) mass is 325 g/mol. The number of hydrogen-bond donors (Lipinski definition) is 1. The van der Waals surface area contributed by atoms with Crippen LogP contribution in [0, 0.1) is 6.92 Å². The third kappa shape index (κ3) is 3.96. The van der Waals surface area contributed by atoms with E-state index >= 15 is 0 Å². The molecule has 3 aromatic rings. The predicted molar refractivity (Wildman–Crippen MR) is 94.7 cm³/mol. The van der Waals surface area contributed by atoms with Crippen LogP contribution in [-0.4, -0.2) is 11.7 Å². The van der Waals surface area contributed by atoms with Crippen LogP contribution >= 0.6 is 11.8 Å². The second-order valence-corrected chi connectivity index (χ2v) is 6.63. The molecule has 1 unspecified atom stereocenters. The predicted octanol–water partition coefficient (Wildman–Crippen LogP) is 4.71. The fourth-order valence-electron chi connectivity index (χ4n) is 2.35. The van der Waals surface area contributed by atoms with Crippen LogP contribution < -0.4 is 5.32 Å². The summed E-state index contributed by atoms with van der Waals surface area (Å²) >= 11 is 1.54. The summed E-state index contributed by atoms with van der Waals surface area (Å²) in [5.41, 5.74) is 2.06. The zero-order chi connectivity index (χ0) is 16.2. The molecule has 0 aliphatic carbocycles. The van der Waals surface area contributed by atoms with E-state index in [0.717, 1.165) is 21.6 Å². The van der Waals surface area contributed by atoms with Crippen molar-refractivity contribution in [2.75, 3.05) is 5.75 Å². The maximum Gasteiger partial charge on any atom is 0.230 e. The van der Waals surface area contributed by atoms with E-state index in [1.807, 2.05) is 49.4 Å². The van der Waals surface area contributed by atoms with Crippen molar-refractivity contribution in [2.45, 2.75) is 24.8 Å². The molecule has 1 N–H and O–H groups in total. The number of amides is 1. The number of furan rings is 1. The standard InChI is InChI=1S/C19H19NO2S/c1-13-7-9-16(10-8-13)23-12-19(21)20-14(2)18-11-15-5-3-4-6-17(15)22-18/h3-11,14H,12H2,1-2H3,(H,20,21). The van der Waals surface area contributed by atoms with Crippen molar-refractivity contribution in [3.05, 3.63) is 65.9 Å².